The van der Waals surface area contributed by atoms with E-state index in [2.05, 4.69) is 34.4 Å². The van der Waals surface area contributed by atoms with Gasteiger partial charge in [-0.05, 0) is 43.0 Å². The van der Waals surface area contributed by atoms with Crippen molar-refractivity contribution in [2.24, 2.45) is 5.92 Å². The minimum absolute atomic E-state index is 0.246. The van der Waals surface area contributed by atoms with Gasteiger partial charge < -0.3 is 10.6 Å². The summed E-state index contributed by atoms with van der Waals surface area (Å²) in [5.74, 6) is 0.907. The summed E-state index contributed by atoms with van der Waals surface area (Å²) in [6.45, 7) is 7.02. The molecule has 0 spiro atoms. The summed E-state index contributed by atoms with van der Waals surface area (Å²) >= 11 is 5.91. The van der Waals surface area contributed by atoms with E-state index < -0.39 is 0 Å². The number of aryl methyl sites for hydroxylation is 1. The van der Waals surface area contributed by atoms with Crippen LogP contribution in [0.1, 0.15) is 36.2 Å². The molecule has 1 aromatic heterocycles. The number of hydrogen-bond acceptors (Lipinski definition) is 4. The first-order valence-electron chi connectivity index (χ1n) is 7.59. The Balaban J connectivity index is 1.97. The Morgan fingerprint density at radius 1 is 1.26 bits per heavy atom. The molecule has 2 aromatic rings. The number of nitrogens with zero attached hydrogens (tertiary/aromatic N) is 2. The molecule has 1 amide bonds. The van der Waals surface area contributed by atoms with E-state index in [1.807, 2.05) is 6.92 Å². The Morgan fingerprint density at radius 3 is 2.57 bits per heavy atom. The highest BCUT2D eigenvalue weighted by Gasteiger charge is 2.09. The van der Waals surface area contributed by atoms with Gasteiger partial charge in [0.25, 0.3) is 5.91 Å². The molecule has 1 aromatic carbocycles. The quantitative estimate of drug-likeness (QED) is 0.834. The van der Waals surface area contributed by atoms with Crippen LogP contribution >= 0.6 is 11.6 Å². The fraction of sp³-hybridized carbons (Fsp3) is 0.353. The molecule has 0 aliphatic carbocycles. The lowest BCUT2D eigenvalue weighted by Gasteiger charge is -2.09. The van der Waals surface area contributed by atoms with Gasteiger partial charge >= 0.3 is 0 Å². The molecule has 23 heavy (non-hydrogen) atoms. The zero-order valence-electron chi connectivity index (χ0n) is 13.6. The second-order valence-corrected chi connectivity index (χ2v) is 6.25. The molecular weight excluding hydrogens is 312 g/mol. The number of carbonyl (C=O) groups is 1. The van der Waals surface area contributed by atoms with Gasteiger partial charge in [-0.15, -0.1) is 0 Å². The fourth-order valence-corrected chi connectivity index (χ4v) is 2.20. The van der Waals surface area contributed by atoms with E-state index in [-0.39, 0.29) is 5.91 Å². The monoisotopic (exact) mass is 332 g/mol. The van der Waals surface area contributed by atoms with Gasteiger partial charge in [-0.25, -0.2) is 9.97 Å². The number of halogens is 1. The lowest BCUT2D eigenvalue weighted by Crippen LogP contribution is -2.14. The molecule has 122 valence electrons. The van der Waals surface area contributed by atoms with E-state index in [0.29, 0.717) is 22.5 Å². The van der Waals surface area contributed by atoms with Crippen LogP contribution in [0.2, 0.25) is 5.02 Å². The van der Waals surface area contributed by atoms with Crippen LogP contribution in [0.5, 0.6) is 0 Å². The summed E-state index contributed by atoms with van der Waals surface area (Å²) in [6.07, 6.45) is 4.08. The molecule has 6 heteroatoms. The summed E-state index contributed by atoms with van der Waals surface area (Å²) in [5, 5.41) is 6.61. The summed E-state index contributed by atoms with van der Waals surface area (Å²) in [6, 6.07) is 5.32. The highest BCUT2D eigenvalue weighted by atomic mass is 35.5. The van der Waals surface area contributed by atoms with E-state index in [9.17, 15) is 4.79 Å². The number of amides is 1. The smallest absolute Gasteiger partial charge is 0.258 e. The Bertz CT molecular complexity index is 671. The molecule has 0 radical (unpaired) electrons. The van der Waals surface area contributed by atoms with Crippen molar-refractivity contribution in [2.45, 2.75) is 27.2 Å². The molecular formula is C17H21ClN4O. The number of hydrogen-bond donors (Lipinski definition) is 2. The zero-order valence-corrected chi connectivity index (χ0v) is 14.3. The second kappa shape index (κ2) is 7.92. The third-order valence-corrected chi connectivity index (χ3v) is 3.59. The number of rotatable bonds is 6. The zero-order chi connectivity index (χ0) is 16.8. The molecule has 1 heterocycles. The number of anilines is 2. The Hall–Kier alpha value is -2.14. The topological polar surface area (TPSA) is 66.9 Å². The molecule has 2 rings (SSSR count). The second-order valence-electron chi connectivity index (χ2n) is 5.82. The highest BCUT2D eigenvalue weighted by molar-refractivity contribution is 6.30. The van der Waals surface area contributed by atoms with Crippen LogP contribution in [0.3, 0.4) is 0 Å². The lowest BCUT2D eigenvalue weighted by atomic mass is 10.1. The first-order chi connectivity index (χ1) is 11.0. The highest BCUT2D eigenvalue weighted by Crippen LogP contribution is 2.20. The van der Waals surface area contributed by atoms with Crippen molar-refractivity contribution in [2.75, 3.05) is 17.2 Å². The lowest BCUT2D eigenvalue weighted by molar-refractivity contribution is 0.102. The van der Waals surface area contributed by atoms with Gasteiger partial charge in [0.05, 0.1) is 5.56 Å². The minimum Gasteiger partial charge on any atom is -0.354 e. The molecule has 0 fully saturated rings. The number of nitrogens with one attached hydrogen (secondary N) is 2. The van der Waals surface area contributed by atoms with E-state index in [4.69, 9.17) is 11.6 Å². The molecule has 0 saturated heterocycles. The summed E-state index contributed by atoms with van der Waals surface area (Å²) in [5.41, 5.74) is 2.03. The van der Waals surface area contributed by atoms with E-state index in [1.54, 1.807) is 18.2 Å². The predicted molar refractivity (Wildman–Crippen MR) is 94.1 cm³/mol. The first kappa shape index (κ1) is 17.2. The molecule has 0 unspecified atom stereocenters. The molecule has 0 saturated carbocycles. The van der Waals surface area contributed by atoms with E-state index in [1.165, 1.54) is 12.4 Å². The van der Waals surface area contributed by atoms with Crippen LogP contribution in [0.25, 0.3) is 0 Å². The normalized spacial score (nSPS) is 10.7. The predicted octanol–water partition coefficient (Wildman–Crippen LogP) is 4.15. The van der Waals surface area contributed by atoms with Crippen LogP contribution in [-0.2, 0) is 0 Å². The number of benzene rings is 1. The summed E-state index contributed by atoms with van der Waals surface area (Å²) < 4.78 is 0. The third-order valence-electron chi connectivity index (χ3n) is 3.36. The molecule has 0 bridgehead atoms. The van der Waals surface area contributed by atoms with Crippen LogP contribution in [-0.4, -0.2) is 22.4 Å². The minimum atomic E-state index is -0.246. The summed E-state index contributed by atoms with van der Waals surface area (Å²) in [7, 11) is 0. The maximum Gasteiger partial charge on any atom is 0.258 e. The van der Waals surface area contributed by atoms with Crippen LogP contribution < -0.4 is 10.6 Å². The maximum absolute atomic E-state index is 12.2. The van der Waals surface area contributed by atoms with Crippen molar-refractivity contribution in [3.05, 3.63) is 46.7 Å². The number of aromatic nitrogens is 2. The van der Waals surface area contributed by atoms with Gasteiger partial charge in [-0.3, -0.25) is 4.79 Å². The van der Waals surface area contributed by atoms with E-state index in [0.717, 1.165) is 24.2 Å². The molecule has 0 atom stereocenters. The summed E-state index contributed by atoms with van der Waals surface area (Å²) in [4.78, 5) is 20.6. The standard InChI is InChI=1S/C17H21ClN4O/c1-11(2)6-7-19-17-20-9-13(10-21-17)16(23)22-15-5-4-14(18)8-12(15)3/h4-5,8-11H,6-7H2,1-3H3,(H,22,23)(H,19,20,21). The van der Waals surface area contributed by atoms with Crippen molar-refractivity contribution in [1.29, 1.82) is 0 Å². The number of carbonyl (C=O) groups excluding carboxylic acids is 1. The Kier molecular flexibility index (Phi) is 5.93. The van der Waals surface area contributed by atoms with Gasteiger partial charge in [-0.1, -0.05) is 25.4 Å². The van der Waals surface area contributed by atoms with Gasteiger partial charge in [0.1, 0.15) is 0 Å². The average molecular weight is 333 g/mol. The van der Waals surface area contributed by atoms with Crippen LogP contribution in [0, 0.1) is 12.8 Å². The van der Waals surface area contributed by atoms with Crippen molar-refractivity contribution in [3.8, 4) is 0 Å². The maximum atomic E-state index is 12.2. The molecule has 5 nitrogen and oxygen atoms in total. The van der Waals surface area contributed by atoms with Gasteiger partial charge in [0.15, 0.2) is 0 Å². The van der Waals surface area contributed by atoms with Crippen molar-refractivity contribution in [3.63, 3.8) is 0 Å². The first-order valence-corrected chi connectivity index (χ1v) is 7.97. The SMILES string of the molecule is Cc1cc(Cl)ccc1NC(=O)c1cnc(NCCC(C)C)nc1. The molecule has 2 N–H and O–H groups in total. The van der Waals surface area contributed by atoms with Gasteiger partial charge in [-0.2, -0.15) is 0 Å². The molecule has 0 aliphatic heterocycles. The van der Waals surface area contributed by atoms with Crippen LogP contribution in [0.15, 0.2) is 30.6 Å². The van der Waals surface area contributed by atoms with E-state index >= 15 is 0 Å². The van der Waals surface area contributed by atoms with Crippen molar-refractivity contribution < 1.29 is 4.79 Å². The Labute approximate surface area is 141 Å². The van der Waals surface area contributed by atoms with Gasteiger partial charge in [0.2, 0.25) is 5.95 Å². The third kappa shape index (κ3) is 5.21. The van der Waals surface area contributed by atoms with Crippen LogP contribution in [0.4, 0.5) is 11.6 Å². The average Bonchev–Trinajstić information content (AvgIpc) is 2.50. The van der Waals surface area contributed by atoms with Crippen molar-refractivity contribution in [1.82, 2.24) is 9.97 Å². The fourth-order valence-electron chi connectivity index (χ4n) is 1.97. The largest absolute Gasteiger partial charge is 0.354 e. The molecule has 0 aliphatic rings. The van der Waals surface area contributed by atoms with Gasteiger partial charge in [0, 0.05) is 29.6 Å². The van der Waals surface area contributed by atoms with Crippen molar-refractivity contribution >= 4 is 29.1 Å². The Morgan fingerprint density at radius 2 is 1.96 bits per heavy atom.